The Morgan fingerprint density at radius 1 is 1.19 bits per heavy atom. The van der Waals surface area contributed by atoms with E-state index in [4.69, 9.17) is 34.7 Å². The molecule has 1 aliphatic heterocycles. The molecule has 4 N–H and O–H groups in total. The molecule has 1 aromatic carbocycles. The normalized spacial score (nSPS) is 17.4. The molecule has 3 rings (SSSR count). The van der Waals surface area contributed by atoms with Gasteiger partial charge >= 0.3 is 0 Å². The molecule has 0 spiro atoms. The number of hydrogen-bond donors (Lipinski definition) is 2. The lowest BCUT2D eigenvalue weighted by molar-refractivity contribution is 0.374. The van der Waals surface area contributed by atoms with Crippen LogP contribution in [0.2, 0.25) is 10.0 Å². The van der Waals surface area contributed by atoms with E-state index in [1.54, 1.807) is 24.1 Å². The Morgan fingerprint density at radius 2 is 1.95 bits per heavy atom. The Hall–Kier alpha value is -1.82. The van der Waals surface area contributed by atoms with Gasteiger partial charge in [0.1, 0.15) is 6.17 Å². The average molecular weight is 322 g/mol. The molecule has 0 aliphatic carbocycles. The van der Waals surface area contributed by atoms with Crippen molar-refractivity contribution >= 4 is 35.0 Å². The number of nitrogens with two attached hydrogens (primary N) is 2. The maximum absolute atomic E-state index is 6.21. The number of halogens is 2. The van der Waals surface area contributed by atoms with E-state index in [1.165, 1.54) is 0 Å². The molecule has 0 bridgehead atoms. The maximum atomic E-state index is 6.21. The fourth-order valence-electron chi connectivity index (χ4n) is 2.17. The molecule has 2 heterocycles. The molecule has 0 saturated heterocycles. The number of guanidine groups is 1. The average Bonchev–Trinajstić information content (AvgIpc) is 2.44. The highest BCUT2D eigenvalue weighted by Gasteiger charge is 2.24. The lowest BCUT2D eigenvalue weighted by Gasteiger charge is -2.30. The lowest BCUT2D eigenvalue weighted by atomic mass is 10.1. The van der Waals surface area contributed by atoms with E-state index in [9.17, 15) is 0 Å². The second-order valence-electron chi connectivity index (χ2n) is 4.76. The summed E-state index contributed by atoms with van der Waals surface area (Å²) in [4.78, 5) is 10.5. The Labute approximate surface area is 132 Å². The van der Waals surface area contributed by atoms with Crippen molar-refractivity contribution in [1.29, 1.82) is 0 Å². The third kappa shape index (κ3) is 2.44. The lowest BCUT2D eigenvalue weighted by Crippen LogP contribution is -2.43. The van der Waals surface area contributed by atoms with Crippen molar-refractivity contribution in [1.82, 2.24) is 9.88 Å². The first kappa shape index (κ1) is 14.1. The zero-order valence-electron chi connectivity index (χ0n) is 11.2. The number of nitrogens with zero attached hydrogens (tertiary/aromatic N) is 3. The first-order valence-corrected chi connectivity index (χ1v) is 7.02. The van der Waals surface area contributed by atoms with Gasteiger partial charge in [0, 0.05) is 23.2 Å². The summed E-state index contributed by atoms with van der Waals surface area (Å²) < 4.78 is 0. The van der Waals surface area contributed by atoms with Crippen molar-refractivity contribution in [3.63, 3.8) is 0 Å². The number of aliphatic imine (C=N–C) groups is 1. The van der Waals surface area contributed by atoms with Gasteiger partial charge in [-0.1, -0.05) is 23.2 Å². The van der Waals surface area contributed by atoms with Crippen LogP contribution in [0.5, 0.6) is 0 Å². The van der Waals surface area contributed by atoms with E-state index in [-0.39, 0.29) is 6.17 Å². The Balaban J connectivity index is 2.11. The van der Waals surface area contributed by atoms with Gasteiger partial charge in [0.15, 0.2) is 11.8 Å². The van der Waals surface area contributed by atoms with E-state index in [0.29, 0.717) is 27.5 Å². The van der Waals surface area contributed by atoms with Crippen LogP contribution in [-0.2, 0) is 0 Å². The zero-order valence-corrected chi connectivity index (χ0v) is 12.7. The van der Waals surface area contributed by atoms with E-state index in [1.807, 2.05) is 18.2 Å². The molecule has 1 atom stereocenters. The molecule has 21 heavy (non-hydrogen) atoms. The molecule has 2 aromatic rings. The minimum Gasteiger partial charge on any atom is -0.369 e. The van der Waals surface area contributed by atoms with Crippen LogP contribution in [0, 0.1) is 0 Å². The molecule has 1 unspecified atom stereocenters. The summed E-state index contributed by atoms with van der Waals surface area (Å²) in [7, 11) is 1.79. The summed E-state index contributed by atoms with van der Waals surface area (Å²) in [6.07, 6.45) is -0.361. The van der Waals surface area contributed by atoms with Gasteiger partial charge in [0.05, 0.1) is 10.7 Å². The molecular formula is C14H13Cl2N5. The van der Waals surface area contributed by atoms with Gasteiger partial charge in [0.2, 0.25) is 0 Å². The topological polar surface area (TPSA) is 80.5 Å². The molecule has 0 saturated carbocycles. The SMILES string of the molecule is CN1C(N)=Nc2nc(-c3ccc(Cl)cc3Cl)ccc2C1N. The predicted octanol–water partition coefficient (Wildman–Crippen LogP) is 2.90. The summed E-state index contributed by atoms with van der Waals surface area (Å²) in [5.41, 5.74) is 14.2. The summed E-state index contributed by atoms with van der Waals surface area (Å²) >= 11 is 12.1. The number of fused-ring (bicyclic) bond motifs is 1. The van der Waals surface area contributed by atoms with Gasteiger partial charge in [-0.25, -0.2) is 4.98 Å². The van der Waals surface area contributed by atoms with Gasteiger partial charge < -0.3 is 16.4 Å². The summed E-state index contributed by atoms with van der Waals surface area (Å²) in [6, 6.07) is 9.01. The highest BCUT2D eigenvalue weighted by Crippen LogP contribution is 2.34. The Bertz CT molecular complexity index is 744. The van der Waals surface area contributed by atoms with Crippen molar-refractivity contribution < 1.29 is 0 Å². The van der Waals surface area contributed by atoms with Crippen LogP contribution in [0.25, 0.3) is 11.3 Å². The number of hydrogen-bond acceptors (Lipinski definition) is 5. The minimum absolute atomic E-state index is 0.335. The summed E-state index contributed by atoms with van der Waals surface area (Å²) in [5, 5.41) is 1.11. The van der Waals surface area contributed by atoms with E-state index in [2.05, 4.69) is 9.98 Å². The van der Waals surface area contributed by atoms with Crippen LogP contribution in [0.1, 0.15) is 11.7 Å². The van der Waals surface area contributed by atoms with Gasteiger partial charge in [0.25, 0.3) is 0 Å². The van der Waals surface area contributed by atoms with Crippen LogP contribution in [-0.4, -0.2) is 22.9 Å². The number of aromatic nitrogens is 1. The van der Waals surface area contributed by atoms with Crippen molar-refractivity contribution in [3.8, 4) is 11.3 Å². The van der Waals surface area contributed by atoms with Crippen molar-refractivity contribution in [2.75, 3.05) is 7.05 Å². The summed E-state index contributed by atoms with van der Waals surface area (Å²) in [5.74, 6) is 0.850. The number of pyridine rings is 1. The Kier molecular flexibility index (Phi) is 3.49. The van der Waals surface area contributed by atoms with Crippen LogP contribution < -0.4 is 11.5 Å². The molecule has 0 radical (unpaired) electrons. The smallest absolute Gasteiger partial charge is 0.199 e. The quantitative estimate of drug-likeness (QED) is 0.846. The molecule has 0 amide bonds. The molecule has 5 nitrogen and oxygen atoms in total. The third-order valence-electron chi connectivity index (χ3n) is 3.43. The van der Waals surface area contributed by atoms with Crippen molar-refractivity contribution in [2.24, 2.45) is 16.5 Å². The fraction of sp³-hybridized carbons (Fsp3) is 0.143. The standard InChI is InChI=1S/C14H13Cl2N5/c1-21-12(17)9-4-5-11(19-13(9)20-14(21)18)8-3-2-7(15)6-10(8)16/h2-6,12H,17H2,1H3,(H2,18,19,20). The van der Waals surface area contributed by atoms with Gasteiger partial charge in [-0.15, -0.1) is 0 Å². The molecule has 0 fully saturated rings. The van der Waals surface area contributed by atoms with Crippen LogP contribution in [0.3, 0.4) is 0 Å². The second kappa shape index (κ2) is 5.18. The first-order chi connectivity index (χ1) is 9.97. The predicted molar refractivity (Wildman–Crippen MR) is 85.7 cm³/mol. The molecule has 7 heteroatoms. The van der Waals surface area contributed by atoms with Gasteiger partial charge in [-0.05, 0) is 30.3 Å². The molecule has 1 aliphatic rings. The molecule has 108 valence electrons. The van der Waals surface area contributed by atoms with Crippen molar-refractivity contribution in [3.05, 3.63) is 45.9 Å². The third-order valence-corrected chi connectivity index (χ3v) is 3.98. The summed E-state index contributed by atoms with van der Waals surface area (Å²) in [6.45, 7) is 0. The first-order valence-electron chi connectivity index (χ1n) is 6.26. The molecular weight excluding hydrogens is 309 g/mol. The van der Waals surface area contributed by atoms with Crippen molar-refractivity contribution in [2.45, 2.75) is 6.17 Å². The van der Waals surface area contributed by atoms with Gasteiger partial charge in [-0.2, -0.15) is 4.99 Å². The maximum Gasteiger partial charge on any atom is 0.199 e. The van der Waals surface area contributed by atoms with E-state index < -0.39 is 0 Å². The van der Waals surface area contributed by atoms with Crippen LogP contribution in [0.4, 0.5) is 5.82 Å². The number of benzene rings is 1. The Morgan fingerprint density at radius 3 is 2.67 bits per heavy atom. The number of rotatable bonds is 1. The van der Waals surface area contributed by atoms with Crippen LogP contribution >= 0.6 is 23.2 Å². The minimum atomic E-state index is -0.361. The van der Waals surface area contributed by atoms with Gasteiger partial charge in [-0.3, -0.25) is 0 Å². The van der Waals surface area contributed by atoms with E-state index >= 15 is 0 Å². The monoisotopic (exact) mass is 321 g/mol. The molecule has 1 aromatic heterocycles. The fourth-order valence-corrected chi connectivity index (χ4v) is 2.67. The largest absolute Gasteiger partial charge is 0.369 e. The zero-order chi connectivity index (χ0) is 15.1. The van der Waals surface area contributed by atoms with Crippen LogP contribution in [0.15, 0.2) is 35.3 Å². The van der Waals surface area contributed by atoms with E-state index in [0.717, 1.165) is 11.1 Å². The second-order valence-corrected chi connectivity index (χ2v) is 5.60. The highest BCUT2D eigenvalue weighted by molar-refractivity contribution is 6.36. The highest BCUT2D eigenvalue weighted by atomic mass is 35.5.